The molecule has 1 saturated carbocycles. The van der Waals surface area contributed by atoms with Gasteiger partial charge in [-0.3, -0.25) is 11.3 Å². The number of nitrogens with one attached hydrogen (secondary N) is 1. The van der Waals surface area contributed by atoms with Gasteiger partial charge in [-0.2, -0.15) is 0 Å². The SMILES string of the molecule is CC1CCCC1C(CCC1CCCO1)NN. The first-order valence-electron chi connectivity index (χ1n) is 6.89. The van der Waals surface area contributed by atoms with Crippen molar-refractivity contribution in [2.24, 2.45) is 17.7 Å². The Hall–Kier alpha value is -0.120. The molecular weight excluding hydrogens is 200 g/mol. The summed E-state index contributed by atoms with van der Waals surface area (Å²) < 4.78 is 5.67. The molecule has 16 heavy (non-hydrogen) atoms. The molecule has 4 unspecified atom stereocenters. The monoisotopic (exact) mass is 226 g/mol. The predicted molar refractivity (Wildman–Crippen MR) is 65.8 cm³/mol. The first-order valence-corrected chi connectivity index (χ1v) is 6.89. The molecule has 2 aliphatic rings. The van der Waals surface area contributed by atoms with Crippen molar-refractivity contribution in [2.75, 3.05) is 6.61 Å². The Morgan fingerprint density at radius 3 is 2.75 bits per heavy atom. The number of hydrogen-bond donors (Lipinski definition) is 2. The molecule has 3 heteroatoms. The van der Waals surface area contributed by atoms with E-state index in [4.69, 9.17) is 10.6 Å². The van der Waals surface area contributed by atoms with Crippen LogP contribution in [0.4, 0.5) is 0 Å². The van der Waals surface area contributed by atoms with E-state index in [2.05, 4.69) is 12.3 Å². The summed E-state index contributed by atoms with van der Waals surface area (Å²) in [5.74, 6) is 7.33. The zero-order valence-electron chi connectivity index (χ0n) is 10.5. The molecule has 2 rings (SSSR count). The summed E-state index contributed by atoms with van der Waals surface area (Å²) in [6, 6.07) is 0.502. The molecule has 1 heterocycles. The first kappa shape index (κ1) is 12.3. The smallest absolute Gasteiger partial charge is 0.0576 e. The van der Waals surface area contributed by atoms with Crippen molar-refractivity contribution >= 4 is 0 Å². The summed E-state index contributed by atoms with van der Waals surface area (Å²) in [4.78, 5) is 0. The van der Waals surface area contributed by atoms with Crippen LogP contribution in [0.25, 0.3) is 0 Å². The minimum Gasteiger partial charge on any atom is -0.378 e. The Bertz CT molecular complexity index is 204. The highest BCUT2D eigenvalue weighted by Gasteiger charge is 2.30. The molecule has 0 bridgehead atoms. The average molecular weight is 226 g/mol. The highest BCUT2D eigenvalue weighted by Crippen LogP contribution is 2.35. The lowest BCUT2D eigenvalue weighted by atomic mass is 9.87. The minimum absolute atomic E-state index is 0.502. The molecule has 0 amide bonds. The maximum atomic E-state index is 5.71. The second-order valence-corrected chi connectivity index (χ2v) is 5.56. The number of nitrogens with two attached hydrogens (primary N) is 1. The van der Waals surface area contributed by atoms with Crippen LogP contribution in [-0.4, -0.2) is 18.8 Å². The van der Waals surface area contributed by atoms with Gasteiger partial charge in [0.2, 0.25) is 0 Å². The fraction of sp³-hybridized carbons (Fsp3) is 1.00. The second kappa shape index (κ2) is 5.99. The second-order valence-electron chi connectivity index (χ2n) is 5.56. The van der Waals surface area contributed by atoms with Crippen molar-refractivity contribution in [3.63, 3.8) is 0 Å². The van der Waals surface area contributed by atoms with Gasteiger partial charge in [-0.1, -0.05) is 19.8 Å². The molecule has 1 saturated heterocycles. The normalized spacial score (nSPS) is 36.8. The van der Waals surface area contributed by atoms with E-state index in [0.717, 1.165) is 18.4 Å². The van der Waals surface area contributed by atoms with Gasteiger partial charge in [0.15, 0.2) is 0 Å². The Labute approximate surface area is 99.1 Å². The van der Waals surface area contributed by atoms with Gasteiger partial charge in [0, 0.05) is 12.6 Å². The fourth-order valence-corrected chi connectivity index (χ4v) is 3.43. The van der Waals surface area contributed by atoms with Gasteiger partial charge in [0.25, 0.3) is 0 Å². The maximum absolute atomic E-state index is 5.71. The Balaban J connectivity index is 1.75. The number of hydrogen-bond acceptors (Lipinski definition) is 3. The van der Waals surface area contributed by atoms with E-state index in [0.29, 0.717) is 12.1 Å². The van der Waals surface area contributed by atoms with Crippen molar-refractivity contribution in [1.29, 1.82) is 0 Å². The van der Waals surface area contributed by atoms with E-state index in [1.807, 2.05) is 0 Å². The summed E-state index contributed by atoms with van der Waals surface area (Å²) >= 11 is 0. The van der Waals surface area contributed by atoms with Crippen LogP contribution in [-0.2, 0) is 4.74 Å². The van der Waals surface area contributed by atoms with Crippen LogP contribution < -0.4 is 11.3 Å². The lowest BCUT2D eigenvalue weighted by molar-refractivity contribution is 0.0959. The third-order valence-corrected chi connectivity index (χ3v) is 4.48. The molecule has 0 radical (unpaired) electrons. The van der Waals surface area contributed by atoms with E-state index in [1.165, 1.54) is 44.9 Å². The van der Waals surface area contributed by atoms with Crippen LogP contribution in [0.15, 0.2) is 0 Å². The van der Waals surface area contributed by atoms with Crippen LogP contribution in [0.3, 0.4) is 0 Å². The van der Waals surface area contributed by atoms with Crippen LogP contribution in [0, 0.1) is 11.8 Å². The van der Waals surface area contributed by atoms with Crippen LogP contribution in [0.1, 0.15) is 51.9 Å². The van der Waals surface area contributed by atoms with Crippen molar-refractivity contribution in [3.05, 3.63) is 0 Å². The van der Waals surface area contributed by atoms with Crippen molar-refractivity contribution in [1.82, 2.24) is 5.43 Å². The number of ether oxygens (including phenoxy) is 1. The molecule has 0 aromatic carbocycles. The Morgan fingerprint density at radius 1 is 1.31 bits per heavy atom. The molecule has 2 fully saturated rings. The molecule has 1 aliphatic carbocycles. The molecule has 3 N–H and O–H groups in total. The topological polar surface area (TPSA) is 47.3 Å². The van der Waals surface area contributed by atoms with Gasteiger partial charge in [-0.05, 0) is 43.9 Å². The molecule has 1 aliphatic heterocycles. The van der Waals surface area contributed by atoms with Crippen molar-refractivity contribution in [3.8, 4) is 0 Å². The zero-order valence-corrected chi connectivity index (χ0v) is 10.5. The summed E-state index contributed by atoms with van der Waals surface area (Å²) in [5, 5.41) is 0. The third-order valence-electron chi connectivity index (χ3n) is 4.48. The summed E-state index contributed by atoms with van der Waals surface area (Å²) in [5.41, 5.74) is 3.04. The highest BCUT2D eigenvalue weighted by molar-refractivity contribution is 4.84. The van der Waals surface area contributed by atoms with Crippen LogP contribution in [0.2, 0.25) is 0 Å². The molecule has 4 atom stereocenters. The Morgan fingerprint density at radius 2 is 2.19 bits per heavy atom. The predicted octanol–water partition coefficient (Wildman–Crippen LogP) is 2.21. The third kappa shape index (κ3) is 2.96. The van der Waals surface area contributed by atoms with Gasteiger partial charge in [-0.15, -0.1) is 0 Å². The van der Waals surface area contributed by atoms with Crippen LogP contribution in [0.5, 0.6) is 0 Å². The zero-order chi connectivity index (χ0) is 11.4. The lowest BCUT2D eigenvalue weighted by Crippen LogP contribution is -2.42. The molecule has 94 valence electrons. The van der Waals surface area contributed by atoms with Crippen molar-refractivity contribution in [2.45, 2.75) is 64.0 Å². The molecule has 0 aromatic heterocycles. The van der Waals surface area contributed by atoms with Gasteiger partial charge >= 0.3 is 0 Å². The molecule has 0 aromatic rings. The maximum Gasteiger partial charge on any atom is 0.0576 e. The minimum atomic E-state index is 0.502. The average Bonchev–Trinajstić information content (AvgIpc) is 2.92. The van der Waals surface area contributed by atoms with E-state index >= 15 is 0 Å². The summed E-state index contributed by atoms with van der Waals surface area (Å²) in [6.45, 7) is 3.33. The number of hydrazine groups is 1. The van der Waals surface area contributed by atoms with E-state index < -0.39 is 0 Å². The standard InChI is InChI=1S/C13H26N2O/c1-10-4-2-6-12(10)13(15-14)8-7-11-5-3-9-16-11/h10-13,15H,2-9,14H2,1H3. The molecular formula is C13H26N2O. The summed E-state index contributed by atoms with van der Waals surface area (Å²) in [6.07, 6.45) is 9.46. The van der Waals surface area contributed by atoms with Gasteiger partial charge in [0.05, 0.1) is 6.10 Å². The highest BCUT2D eigenvalue weighted by atomic mass is 16.5. The molecule has 0 spiro atoms. The van der Waals surface area contributed by atoms with Gasteiger partial charge in [0.1, 0.15) is 0 Å². The van der Waals surface area contributed by atoms with Crippen molar-refractivity contribution < 1.29 is 4.74 Å². The van der Waals surface area contributed by atoms with Gasteiger partial charge < -0.3 is 4.74 Å². The molecule has 3 nitrogen and oxygen atoms in total. The fourth-order valence-electron chi connectivity index (χ4n) is 3.43. The van der Waals surface area contributed by atoms with Crippen LogP contribution >= 0.6 is 0 Å². The number of rotatable bonds is 5. The largest absolute Gasteiger partial charge is 0.378 e. The Kier molecular flexibility index (Phi) is 4.62. The van der Waals surface area contributed by atoms with E-state index in [1.54, 1.807) is 0 Å². The van der Waals surface area contributed by atoms with E-state index in [-0.39, 0.29) is 0 Å². The van der Waals surface area contributed by atoms with Gasteiger partial charge in [-0.25, -0.2) is 0 Å². The van der Waals surface area contributed by atoms with E-state index in [9.17, 15) is 0 Å². The lowest BCUT2D eigenvalue weighted by Gasteiger charge is -2.27. The first-order chi connectivity index (χ1) is 7.81. The quantitative estimate of drug-likeness (QED) is 0.558. The summed E-state index contributed by atoms with van der Waals surface area (Å²) in [7, 11) is 0.